The van der Waals surface area contributed by atoms with Gasteiger partial charge in [-0.3, -0.25) is 9.59 Å². The average molecular weight is 396 g/mol. The Bertz CT molecular complexity index is 925. The van der Waals surface area contributed by atoms with Gasteiger partial charge in [-0.15, -0.1) is 0 Å². The lowest BCUT2D eigenvalue weighted by atomic mass is 10.1. The maximum Gasteiger partial charge on any atom is 0.302 e. The third-order valence-electron chi connectivity index (χ3n) is 4.47. The summed E-state index contributed by atoms with van der Waals surface area (Å²) in [7, 11) is 0. The molecule has 0 aliphatic carbocycles. The van der Waals surface area contributed by atoms with E-state index in [0.717, 1.165) is 24.9 Å². The van der Waals surface area contributed by atoms with Crippen molar-refractivity contribution in [2.75, 3.05) is 30.7 Å². The minimum absolute atomic E-state index is 0.0723. The van der Waals surface area contributed by atoms with E-state index in [2.05, 4.69) is 20.3 Å². The van der Waals surface area contributed by atoms with Crippen LogP contribution in [0.3, 0.4) is 0 Å². The lowest BCUT2D eigenvalue weighted by Crippen LogP contribution is -2.27. The zero-order chi connectivity index (χ0) is 20.8. The Kier molecular flexibility index (Phi) is 6.22. The Morgan fingerprint density at radius 1 is 1.21 bits per heavy atom. The van der Waals surface area contributed by atoms with Gasteiger partial charge in [-0.1, -0.05) is 30.3 Å². The number of nitrogen functional groups attached to an aromatic ring is 1. The summed E-state index contributed by atoms with van der Waals surface area (Å²) in [4.78, 5) is 38.0. The summed E-state index contributed by atoms with van der Waals surface area (Å²) in [5, 5.41) is 3.21. The molecule has 1 aliphatic rings. The number of nitrogens with two attached hydrogens (primary N) is 3. The van der Waals surface area contributed by atoms with E-state index in [9.17, 15) is 9.59 Å². The molecular weight excluding hydrogens is 372 g/mol. The predicted molar refractivity (Wildman–Crippen MR) is 111 cm³/mol. The number of amides is 2. The summed E-state index contributed by atoms with van der Waals surface area (Å²) in [6.45, 7) is 2.05. The number of nitrogens with one attached hydrogen (secondary N) is 1. The second kappa shape index (κ2) is 9.00. The lowest BCUT2D eigenvalue weighted by Gasteiger charge is -2.16. The minimum Gasteiger partial charge on any atom is -0.382 e. The molecule has 1 aliphatic heterocycles. The van der Waals surface area contributed by atoms with Crippen LogP contribution in [0.15, 0.2) is 35.3 Å². The molecular formula is C19H24N8O2. The van der Waals surface area contributed by atoms with Crippen LogP contribution >= 0.6 is 0 Å². The standard InChI is InChI=1S/C19H24N8O2/c20-16-15(18(29)26-19(21)22)24-14(12-6-2-1-3-7-12)17(25-16)23-9-5-11-27-10-4-8-13(27)28/h1-3,6-7H,4-5,8-11H2,(H3,20,23,25)(H4,21,22,26,29). The van der Waals surface area contributed by atoms with Crippen LogP contribution in [0.5, 0.6) is 0 Å². The number of likely N-dealkylation sites (tertiary alicyclic amines) is 1. The maximum absolute atomic E-state index is 12.2. The normalized spacial score (nSPS) is 13.4. The average Bonchev–Trinajstić information content (AvgIpc) is 3.10. The van der Waals surface area contributed by atoms with E-state index < -0.39 is 5.91 Å². The van der Waals surface area contributed by atoms with E-state index in [1.807, 2.05) is 35.2 Å². The minimum atomic E-state index is -0.758. The highest BCUT2D eigenvalue weighted by Crippen LogP contribution is 2.27. The van der Waals surface area contributed by atoms with Crippen LogP contribution in [0.4, 0.5) is 11.6 Å². The Hall–Kier alpha value is -3.69. The quantitative estimate of drug-likeness (QED) is 0.299. The molecule has 0 spiro atoms. The Labute approximate surface area is 168 Å². The fourth-order valence-electron chi connectivity index (χ4n) is 3.11. The SMILES string of the molecule is NC(N)=NC(=O)c1nc(-c2ccccc2)c(NCCCN2CCCC2=O)nc1N. The molecule has 29 heavy (non-hydrogen) atoms. The van der Waals surface area contributed by atoms with Crippen molar-refractivity contribution in [2.45, 2.75) is 19.3 Å². The van der Waals surface area contributed by atoms with Gasteiger partial charge >= 0.3 is 5.91 Å². The largest absolute Gasteiger partial charge is 0.382 e. The van der Waals surface area contributed by atoms with Gasteiger partial charge in [0.25, 0.3) is 0 Å². The van der Waals surface area contributed by atoms with Crippen molar-refractivity contribution in [1.29, 1.82) is 0 Å². The smallest absolute Gasteiger partial charge is 0.302 e. The molecule has 7 N–H and O–H groups in total. The number of nitrogens with zero attached hydrogens (tertiary/aromatic N) is 4. The van der Waals surface area contributed by atoms with Gasteiger partial charge in [-0.25, -0.2) is 9.97 Å². The molecule has 10 heteroatoms. The van der Waals surface area contributed by atoms with Crippen molar-refractivity contribution in [3.05, 3.63) is 36.0 Å². The van der Waals surface area contributed by atoms with Crippen LogP contribution in [0, 0.1) is 0 Å². The highest BCUT2D eigenvalue weighted by atomic mass is 16.2. The third-order valence-corrected chi connectivity index (χ3v) is 4.47. The summed E-state index contributed by atoms with van der Waals surface area (Å²) in [5.74, 6) is -0.566. The third kappa shape index (κ3) is 4.98. The molecule has 1 aromatic heterocycles. The lowest BCUT2D eigenvalue weighted by molar-refractivity contribution is -0.127. The van der Waals surface area contributed by atoms with Gasteiger partial charge in [0.15, 0.2) is 23.3 Å². The number of rotatable bonds is 7. The first kappa shape index (κ1) is 20.1. The summed E-state index contributed by atoms with van der Waals surface area (Å²) in [6, 6.07) is 9.29. The number of hydrogen-bond acceptors (Lipinski definition) is 6. The van der Waals surface area contributed by atoms with Crippen LogP contribution in [0.2, 0.25) is 0 Å². The van der Waals surface area contributed by atoms with Crippen LogP contribution < -0.4 is 22.5 Å². The second-order valence-electron chi connectivity index (χ2n) is 6.63. The fraction of sp³-hybridized carbons (Fsp3) is 0.316. The number of anilines is 2. The summed E-state index contributed by atoms with van der Waals surface area (Å²) in [5.41, 5.74) is 17.6. The Balaban J connectivity index is 1.81. The van der Waals surface area contributed by atoms with Crippen LogP contribution in [-0.4, -0.2) is 52.3 Å². The predicted octanol–water partition coefficient (Wildman–Crippen LogP) is 0.564. The van der Waals surface area contributed by atoms with Crippen molar-refractivity contribution in [3.63, 3.8) is 0 Å². The highest BCUT2D eigenvalue weighted by Gasteiger charge is 2.20. The fourth-order valence-corrected chi connectivity index (χ4v) is 3.11. The molecule has 1 saturated heterocycles. The van der Waals surface area contributed by atoms with E-state index in [1.165, 1.54) is 0 Å². The first-order valence-corrected chi connectivity index (χ1v) is 9.34. The molecule has 0 saturated carbocycles. The van der Waals surface area contributed by atoms with Gasteiger partial charge in [0.2, 0.25) is 5.91 Å². The van der Waals surface area contributed by atoms with Crippen molar-refractivity contribution in [3.8, 4) is 11.3 Å². The number of carbonyl (C=O) groups is 2. The van der Waals surface area contributed by atoms with Gasteiger partial charge in [0, 0.05) is 31.6 Å². The van der Waals surface area contributed by atoms with Crippen molar-refractivity contribution >= 4 is 29.4 Å². The van der Waals surface area contributed by atoms with Gasteiger partial charge in [0.05, 0.1) is 0 Å². The molecule has 1 aromatic carbocycles. The number of guanidine groups is 1. The van der Waals surface area contributed by atoms with Gasteiger partial charge in [-0.2, -0.15) is 4.99 Å². The van der Waals surface area contributed by atoms with Crippen molar-refractivity contribution in [1.82, 2.24) is 14.9 Å². The molecule has 0 radical (unpaired) electrons. The van der Waals surface area contributed by atoms with E-state index in [-0.39, 0.29) is 23.4 Å². The number of benzene rings is 1. The molecule has 10 nitrogen and oxygen atoms in total. The molecule has 2 heterocycles. The molecule has 2 aromatic rings. The molecule has 0 atom stereocenters. The van der Waals surface area contributed by atoms with E-state index in [0.29, 0.717) is 31.0 Å². The summed E-state index contributed by atoms with van der Waals surface area (Å²) in [6.07, 6.45) is 2.28. The number of hydrogen-bond donors (Lipinski definition) is 4. The molecule has 0 bridgehead atoms. The van der Waals surface area contributed by atoms with Crippen molar-refractivity contribution in [2.24, 2.45) is 16.5 Å². The van der Waals surface area contributed by atoms with Gasteiger partial charge < -0.3 is 27.4 Å². The molecule has 0 unspecified atom stereocenters. The Morgan fingerprint density at radius 3 is 2.62 bits per heavy atom. The van der Waals surface area contributed by atoms with Crippen LogP contribution in [-0.2, 0) is 4.79 Å². The number of carbonyl (C=O) groups excluding carboxylic acids is 2. The Morgan fingerprint density at radius 2 is 1.97 bits per heavy atom. The second-order valence-corrected chi connectivity index (χ2v) is 6.63. The molecule has 1 fully saturated rings. The topological polar surface area (TPSA) is 166 Å². The van der Waals surface area contributed by atoms with E-state index >= 15 is 0 Å². The zero-order valence-corrected chi connectivity index (χ0v) is 16.0. The van der Waals surface area contributed by atoms with Gasteiger partial charge in [-0.05, 0) is 12.8 Å². The molecule has 152 valence electrons. The van der Waals surface area contributed by atoms with Crippen LogP contribution in [0.1, 0.15) is 29.8 Å². The molecule has 3 rings (SSSR count). The summed E-state index contributed by atoms with van der Waals surface area (Å²) >= 11 is 0. The zero-order valence-electron chi connectivity index (χ0n) is 16.0. The van der Waals surface area contributed by atoms with E-state index in [1.54, 1.807) is 0 Å². The maximum atomic E-state index is 12.2. The first-order valence-electron chi connectivity index (χ1n) is 9.34. The van der Waals surface area contributed by atoms with E-state index in [4.69, 9.17) is 17.2 Å². The number of aliphatic imine (C=N–C) groups is 1. The highest BCUT2D eigenvalue weighted by molar-refractivity contribution is 6.03. The van der Waals surface area contributed by atoms with Crippen LogP contribution in [0.25, 0.3) is 11.3 Å². The monoisotopic (exact) mass is 396 g/mol. The first-order chi connectivity index (χ1) is 14.0. The molecule has 2 amide bonds. The van der Waals surface area contributed by atoms with Gasteiger partial charge in [0.1, 0.15) is 5.69 Å². The van der Waals surface area contributed by atoms with Crippen molar-refractivity contribution < 1.29 is 9.59 Å². The summed E-state index contributed by atoms with van der Waals surface area (Å²) < 4.78 is 0. The number of aromatic nitrogens is 2.